The van der Waals surface area contributed by atoms with Crippen molar-refractivity contribution in [3.63, 3.8) is 0 Å². The van der Waals surface area contributed by atoms with E-state index < -0.39 is 11.8 Å². The summed E-state index contributed by atoms with van der Waals surface area (Å²) in [5.74, 6) is -1.50. The Morgan fingerprint density at radius 2 is 1.70 bits per heavy atom. The largest absolute Gasteiger partial charge is 0.469 e. The molecule has 0 aromatic carbocycles. The number of hydrogen-bond donors (Lipinski definition) is 0. The number of rotatable bonds is 2. The van der Waals surface area contributed by atoms with Crippen molar-refractivity contribution in [1.82, 2.24) is 0 Å². The number of hydrogen-bond acceptors (Lipinski definition) is 4. The van der Waals surface area contributed by atoms with E-state index in [1.54, 1.807) is 0 Å². The van der Waals surface area contributed by atoms with Crippen LogP contribution in [0, 0.1) is 28.6 Å². The van der Waals surface area contributed by atoms with Gasteiger partial charge in [0.2, 0.25) is 0 Å². The number of carbonyl (C=O) groups is 2. The third-order valence-corrected chi connectivity index (χ3v) is 5.08. The molecule has 0 amide bonds. The molecule has 0 spiro atoms. The molecule has 0 N–H and O–H groups in total. The molecule has 112 valence electrons. The highest BCUT2D eigenvalue weighted by Crippen LogP contribution is 2.62. The molecule has 0 heterocycles. The van der Waals surface area contributed by atoms with E-state index in [1.165, 1.54) is 19.8 Å². The Hall–Kier alpha value is -1.32. The number of methoxy groups -OCH3 is 2. The molecule has 4 atom stereocenters. The van der Waals surface area contributed by atoms with Crippen molar-refractivity contribution in [3.05, 3.63) is 11.6 Å². The summed E-state index contributed by atoms with van der Waals surface area (Å²) in [6, 6.07) is 0. The van der Waals surface area contributed by atoms with E-state index in [9.17, 15) is 9.59 Å². The Labute approximate surface area is 120 Å². The SMILES string of the molecule is COC(=O)[C@@H]1[C@@H]2C(C)=C[C@@](C)(CC2(C)C)[C@H]1C(=O)OC. The summed E-state index contributed by atoms with van der Waals surface area (Å²) in [6.07, 6.45) is 3.03. The van der Waals surface area contributed by atoms with E-state index in [0.29, 0.717) is 0 Å². The Morgan fingerprint density at radius 1 is 1.15 bits per heavy atom. The van der Waals surface area contributed by atoms with Crippen LogP contribution in [-0.4, -0.2) is 26.2 Å². The maximum atomic E-state index is 12.3. The van der Waals surface area contributed by atoms with Crippen LogP contribution in [-0.2, 0) is 19.1 Å². The predicted octanol–water partition coefficient (Wildman–Crippen LogP) is 2.58. The van der Waals surface area contributed by atoms with Crippen LogP contribution in [0.15, 0.2) is 11.6 Å². The first-order chi connectivity index (χ1) is 9.18. The lowest BCUT2D eigenvalue weighted by Crippen LogP contribution is -2.58. The molecule has 1 saturated carbocycles. The Bertz CT molecular complexity index is 477. The highest BCUT2D eigenvalue weighted by molar-refractivity contribution is 5.84. The molecule has 0 unspecified atom stereocenters. The second-order valence-corrected chi connectivity index (χ2v) is 7.09. The number of fused-ring (bicyclic) bond motifs is 2. The first-order valence-electron chi connectivity index (χ1n) is 7.03. The van der Waals surface area contributed by atoms with Gasteiger partial charge in [0.25, 0.3) is 0 Å². The van der Waals surface area contributed by atoms with Crippen molar-refractivity contribution in [3.8, 4) is 0 Å². The quantitative estimate of drug-likeness (QED) is 0.576. The van der Waals surface area contributed by atoms with Crippen LogP contribution in [0.4, 0.5) is 0 Å². The van der Waals surface area contributed by atoms with Gasteiger partial charge in [0.05, 0.1) is 26.1 Å². The van der Waals surface area contributed by atoms with Crippen LogP contribution in [0.5, 0.6) is 0 Å². The van der Waals surface area contributed by atoms with Crippen LogP contribution in [0.2, 0.25) is 0 Å². The van der Waals surface area contributed by atoms with Crippen molar-refractivity contribution in [1.29, 1.82) is 0 Å². The molecule has 0 radical (unpaired) electrons. The van der Waals surface area contributed by atoms with Gasteiger partial charge in [-0.05, 0) is 24.7 Å². The molecule has 20 heavy (non-hydrogen) atoms. The van der Waals surface area contributed by atoms with E-state index in [1.807, 2.05) is 13.8 Å². The van der Waals surface area contributed by atoms with Crippen molar-refractivity contribution in [2.45, 2.75) is 34.1 Å². The molecular weight excluding hydrogens is 256 g/mol. The van der Waals surface area contributed by atoms with Gasteiger partial charge in [0, 0.05) is 5.41 Å². The lowest BCUT2D eigenvalue weighted by molar-refractivity contribution is -0.176. The third kappa shape index (κ3) is 1.97. The second kappa shape index (κ2) is 4.61. The molecule has 0 aromatic rings. The lowest BCUT2D eigenvalue weighted by Gasteiger charge is -2.58. The van der Waals surface area contributed by atoms with E-state index >= 15 is 0 Å². The first-order valence-corrected chi connectivity index (χ1v) is 7.03. The zero-order chi connectivity index (χ0) is 15.3. The first kappa shape index (κ1) is 15.1. The molecule has 3 rings (SSSR count). The van der Waals surface area contributed by atoms with Gasteiger partial charge < -0.3 is 9.47 Å². The molecule has 2 bridgehead atoms. The van der Waals surface area contributed by atoms with E-state index in [4.69, 9.17) is 9.47 Å². The highest BCUT2D eigenvalue weighted by atomic mass is 16.5. The van der Waals surface area contributed by atoms with Crippen molar-refractivity contribution >= 4 is 11.9 Å². The minimum Gasteiger partial charge on any atom is -0.469 e. The molecule has 3 aliphatic carbocycles. The molecular formula is C16H24O4. The highest BCUT2D eigenvalue weighted by Gasteiger charge is 2.62. The van der Waals surface area contributed by atoms with Gasteiger partial charge >= 0.3 is 11.9 Å². The van der Waals surface area contributed by atoms with E-state index in [2.05, 4.69) is 19.9 Å². The van der Waals surface area contributed by atoms with E-state index in [-0.39, 0.29) is 28.7 Å². The topological polar surface area (TPSA) is 52.6 Å². The molecule has 3 aliphatic rings. The van der Waals surface area contributed by atoms with Crippen LogP contribution in [0.25, 0.3) is 0 Å². The van der Waals surface area contributed by atoms with Crippen molar-refractivity contribution in [2.24, 2.45) is 28.6 Å². The van der Waals surface area contributed by atoms with Gasteiger partial charge in [-0.25, -0.2) is 0 Å². The molecule has 0 aliphatic heterocycles. The van der Waals surface area contributed by atoms with Gasteiger partial charge in [0.1, 0.15) is 0 Å². The fourth-order valence-electron chi connectivity index (χ4n) is 4.89. The fourth-order valence-corrected chi connectivity index (χ4v) is 4.89. The zero-order valence-electron chi connectivity index (χ0n) is 13.1. The molecule has 4 nitrogen and oxygen atoms in total. The van der Waals surface area contributed by atoms with Crippen molar-refractivity contribution < 1.29 is 19.1 Å². The van der Waals surface area contributed by atoms with E-state index in [0.717, 1.165) is 6.42 Å². The molecule has 4 heteroatoms. The summed E-state index contributed by atoms with van der Waals surface area (Å²) in [7, 11) is 2.76. The summed E-state index contributed by atoms with van der Waals surface area (Å²) < 4.78 is 9.94. The average molecular weight is 280 g/mol. The van der Waals surface area contributed by atoms with Crippen molar-refractivity contribution in [2.75, 3.05) is 14.2 Å². The number of carbonyl (C=O) groups excluding carboxylic acids is 2. The number of allylic oxidation sites excluding steroid dienone is 2. The van der Waals surface area contributed by atoms with Crippen LogP contribution < -0.4 is 0 Å². The zero-order valence-corrected chi connectivity index (χ0v) is 13.1. The fraction of sp³-hybridized carbons (Fsp3) is 0.750. The maximum Gasteiger partial charge on any atom is 0.310 e. The monoisotopic (exact) mass is 280 g/mol. The smallest absolute Gasteiger partial charge is 0.310 e. The predicted molar refractivity (Wildman–Crippen MR) is 74.8 cm³/mol. The second-order valence-electron chi connectivity index (χ2n) is 7.09. The number of esters is 2. The minimum atomic E-state index is -0.457. The summed E-state index contributed by atoms with van der Waals surface area (Å²) >= 11 is 0. The minimum absolute atomic E-state index is 0.0286. The normalized spacial score (nSPS) is 38.1. The van der Waals surface area contributed by atoms with Gasteiger partial charge in [-0.1, -0.05) is 32.4 Å². The molecule has 0 saturated heterocycles. The average Bonchev–Trinajstić information content (AvgIpc) is 2.33. The summed E-state index contributed by atoms with van der Waals surface area (Å²) in [5, 5.41) is 0. The Kier molecular flexibility index (Phi) is 3.47. The maximum absolute atomic E-state index is 12.3. The van der Waals surface area contributed by atoms with Gasteiger partial charge in [-0.3, -0.25) is 9.59 Å². The molecule has 0 aromatic heterocycles. The van der Waals surface area contributed by atoms with Crippen LogP contribution >= 0.6 is 0 Å². The number of ether oxygens (including phenoxy) is 2. The van der Waals surface area contributed by atoms with Gasteiger partial charge in [0.15, 0.2) is 0 Å². The Morgan fingerprint density at radius 3 is 2.15 bits per heavy atom. The third-order valence-electron chi connectivity index (χ3n) is 5.08. The van der Waals surface area contributed by atoms with Gasteiger partial charge in [-0.15, -0.1) is 0 Å². The summed E-state index contributed by atoms with van der Waals surface area (Å²) in [5.41, 5.74) is 0.796. The molecule has 1 fully saturated rings. The summed E-state index contributed by atoms with van der Waals surface area (Å²) in [6.45, 7) is 8.42. The summed E-state index contributed by atoms with van der Waals surface area (Å²) in [4.78, 5) is 24.6. The Balaban J connectivity index is 2.59. The lowest BCUT2D eigenvalue weighted by atomic mass is 9.45. The van der Waals surface area contributed by atoms with Crippen LogP contribution in [0.1, 0.15) is 34.1 Å². The van der Waals surface area contributed by atoms with Crippen LogP contribution in [0.3, 0.4) is 0 Å². The van der Waals surface area contributed by atoms with Gasteiger partial charge in [-0.2, -0.15) is 0 Å². The standard InChI is InChI=1S/C16H24O4/c1-9-7-16(4)8-15(2,3)11(9)10(13(17)19-5)12(16)14(18)20-6/h7,10-12H,8H2,1-6H3/t10-,11+,12-,16+/m1/s1.